The summed E-state index contributed by atoms with van der Waals surface area (Å²) in [5, 5.41) is 3.27. The predicted octanol–water partition coefficient (Wildman–Crippen LogP) is 2.88. The molecule has 1 fully saturated rings. The molecule has 1 N–H and O–H groups in total. The second-order valence-corrected chi connectivity index (χ2v) is 4.83. The van der Waals surface area contributed by atoms with Crippen LogP contribution in [0.3, 0.4) is 0 Å². The number of hydrogen-bond donors (Lipinski definition) is 1. The molecule has 1 aliphatic rings. The zero-order chi connectivity index (χ0) is 13.7. The summed E-state index contributed by atoms with van der Waals surface area (Å²) in [4.78, 5) is 2.22. The Morgan fingerprint density at radius 1 is 1.32 bits per heavy atom. The summed E-state index contributed by atoms with van der Waals surface area (Å²) in [6.45, 7) is 7.21. The lowest BCUT2D eigenvalue weighted by Crippen LogP contribution is -2.45. The number of hydrogen-bond acceptors (Lipinski definition) is 2. The molecule has 1 saturated heterocycles. The van der Waals surface area contributed by atoms with Crippen LogP contribution in [0.4, 0.5) is 8.78 Å². The van der Waals surface area contributed by atoms with Crippen LogP contribution >= 0.6 is 0 Å². The van der Waals surface area contributed by atoms with E-state index in [0.29, 0.717) is 5.56 Å². The van der Waals surface area contributed by atoms with Crippen molar-refractivity contribution in [3.63, 3.8) is 0 Å². The Balaban J connectivity index is 2.24. The molecular weight excluding hydrogens is 246 g/mol. The zero-order valence-electron chi connectivity index (χ0n) is 11.0. The lowest BCUT2D eigenvalue weighted by atomic mass is 9.98. The van der Waals surface area contributed by atoms with Gasteiger partial charge in [0.05, 0.1) is 0 Å². The monoisotopic (exact) mass is 266 g/mol. The molecule has 0 radical (unpaired) electrons. The van der Waals surface area contributed by atoms with Gasteiger partial charge < -0.3 is 5.32 Å². The topological polar surface area (TPSA) is 15.3 Å². The lowest BCUT2D eigenvalue weighted by Gasteiger charge is -2.35. The van der Waals surface area contributed by atoms with E-state index in [-0.39, 0.29) is 17.7 Å². The molecule has 19 heavy (non-hydrogen) atoms. The summed E-state index contributed by atoms with van der Waals surface area (Å²) in [5.41, 5.74) is 0.462. The molecule has 1 aliphatic heterocycles. The maximum absolute atomic E-state index is 14.0. The maximum Gasteiger partial charge on any atom is 0.128 e. The molecule has 0 aromatic heterocycles. The highest BCUT2D eigenvalue weighted by Gasteiger charge is 2.24. The van der Waals surface area contributed by atoms with Crippen molar-refractivity contribution < 1.29 is 8.78 Å². The van der Waals surface area contributed by atoms with Crippen LogP contribution in [0.5, 0.6) is 0 Å². The van der Waals surface area contributed by atoms with Crippen molar-refractivity contribution in [3.8, 4) is 0 Å². The first kappa shape index (κ1) is 14.2. The third-order valence-corrected chi connectivity index (χ3v) is 3.55. The smallest absolute Gasteiger partial charge is 0.128 e. The molecule has 0 unspecified atom stereocenters. The Morgan fingerprint density at radius 3 is 2.74 bits per heavy atom. The molecule has 104 valence electrons. The van der Waals surface area contributed by atoms with Gasteiger partial charge in [0.25, 0.3) is 0 Å². The Bertz CT molecular complexity index is 428. The lowest BCUT2D eigenvalue weighted by molar-refractivity contribution is 0.162. The van der Waals surface area contributed by atoms with Crippen LogP contribution < -0.4 is 5.32 Å². The Morgan fingerprint density at radius 2 is 2.05 bits per heavy atom. The highest BCUT2D eigenvalue weighted by atomic mass is 19.1. The van der Waals surface area contributed by atoms with E-state index < -0.39 is 0 Å². The van der Waals surface area contributed by atoms with Crippen LogP contribution in [0.2, 0.25) is 0 Å². The van der Waals surface area contributed by atoms with Gasteiger partial charge in [-0.25, -0.2) is 8.78 Å². The molecule has 0 aliphatic carbocycles. The number of piperazine rings is 1. The van der Waals surface area contributed by atoms with Gasteiger partial charge in [-0.05, 0) is 31.0 Å². The number of nitrogens with one attached hydrogen (secondary N) is 1. The fraction of sp³-hybridized carbons (Fsp3) is 0.467. The standard InChI is InChI=1S/C15H20F2N2/c1-2-3-4-15(19-9-7-18-8-10-19)13-11-12(16)5-6-14(13)17/h2,5-6,11,15,18H,1,3-4,7-10H2/t15-/m1/s1. The number of allylic oxidation sites excluding steroid dienone is 1. The first-order valence-corrected chi connectivity index (χ1v) is 6.73. The molecule has 1 atom stereocenters. The summed E-state index contributed by atoms with van der Waals surface area (Å²) in [5.74, 6) is -0.705. The first-order chi connectivity index (χ1) is 9.22. The Hall–Kier alpha value is -1.26. The van der Waals surface area contributed by atoms with Crippen LogP contribution in [-0.4, -0.2) is 31.1 Å². The van der Waals surface area contributed by atoms with Crippen LogP contribution in [0, 0.1) is 11.6 Å². The van der Waals surface area contributed by atoms with Crippen LogP contribution in [0.15, 0.2) is 30.9 Å². The van der Waals surface area contributed by atoms with Crippen molar-refractivity contribution in [1.29, 1.82) is 0 Å². The minimum absolute atomic E-state index is 0.0733. The average molecular weight is 266 g/mol. The van der Waals surface area contributed by atoms with E-state index in [2.05, 4.69) is 16.8 Å². The van der Waals surface area contributed by atoms with Gasteiger partial charge >= 0.3 is 0 Å². The van der Waals surface area contributed by atoms with Gasteiger partial charge in [-0.2, -0.15) is 0 Å². The average Bonchev–Trinajstić information content (AvgIpc) is 2.44. The molecule has 0 amide bonds. The summed E-state index contributed by atoms with van der Waals surface area (Å²) in [6, 6.07) is 3.64. The SMILES string of the molecule is C=CCC[C@H](c1cc(F)ccc1F)N1CCNCC1. The number of halogens is 2. The van der Waals surface area contributed by atoms with E-state index in [4.69, 9.17) is 0 Å². The number of benzene rings is 1. The highest BCUT2D eigenvalue weighted by molar-refractivity contribution is 5.23. The van der Waals surface area contributed by atoms with Crippen molar-refractivity contribution in [2.24, 2.45) is 0 Å². The summed E-state index contributed by atoms with van der Waals surface area (Å²) in [7, 11) is 0. The third-order valence-electron chi connectivity index (χ3n) is 3.55. The number of nitrogens with zero attached hydrogens (tertiary/aromatic N) is 1. The summed E-state index contributed by atoms with van der Waals surface area (Å²) < 4.78 is 27.3. The molecule has 2 rings (SSSR count). The fourth-order valence-electron chi connectivity index (χ4n) is 2.57. The van der Waals surface area contributed by atoms with Gasteiger partial charge in [0, 0.05) is 37.8 Å². The first-order valence-electron chi connectivity index (χ1n) is 6.73. The molecule has 0 spiro atoms. The molecular formula is C15H20F2N2. The second-order valence-electron chi connectivity index (χ2n) is 4.83. The van der Waals surface area contributed by atoms with Crippen molar-refractivity contribution in [2.75, 3.05) is 26.2 Å². The minimum atomic E-state index is -0.380. The quantitative estimate of drug-likeness (QED) is 0.824. The predicted molar refractivity (Wildman–Crippen MR) is 73.0 cm³/mol. The van der Waals surface area contributed by atoms with E-state index in [9.17, 15) is 8.78 Å². The molecule has 0 saturated carbocycles. The van der Waals surface area contributed by atoms with Gasteiger partial charge in [-0.1, -0.05) is 6.08 Å². The maximum atomic E-state index is 14.0. The molecule has 4 heteroatoms. The zero-order valence-corrected chi connectivity index (χ0v) is 11.0. The second kappa shape index (κ2) is 6.78. The van der Waals surface area contributed by atoms with E-state index in [1.165, 1.54) is 18.2 Å². The van der Waals surface area contributed by atoms with Crippen LogP contribution in [0.1, 0.15) is 24.4 Å². The third kappa shape index (κ3) is 3.61. The Kier molecular flexibility index (Phi) is 5.05. The van der Waals surface area contributed by atoms with Gasteiger partial charge in [-0.15, -0.1) is 6.58 Å². The molecule has 1 aromatic carbocycles. The minimum Gasteiger partial charge on any atom is -0.314 e. The van der Waals surface area contributed by atoms with E-state index in [1.807, 2.05) is 6.08 Å². The van der Waals surface area contributed by atoms with Gasteiger partial charge in [0.1, 0.15) is 11.6 Å². The van der Waals surface area contributed by atoms with E-state index in [1.54, 1.807) is 0 Å². The van der Waals surface area contributed by atoms with Crippen molar-refractivity contribution >= 4 is 0 Å². The molecule has 1 heterocycles. The van der Waals surface area contributed by atoms with Crippen molar-refractivity contribution in [2.45, 2.75) is 18.9 Å². The van der Waals surface area contributed by atoms with Crippen LogP contribution in [0.25, 0.3) is 0 Å². The highest BCUT2D eigenvalue weighted by Crippen LogP contribution is 2.28. The van der Waals surface area contributed by atoms with Gasteiger partial charge in [0.15, 0.2) is 0 Å². The van der Waals surface area contributed by atoms with Gasteiger partial charge in [0.2, 0.25) is 0 Å². The molecule has 1 aromatic rings. The fourth-order valence-corrected chi connectivity index (χ4v) is 2.57. The number of rotatable bonds is 5. The molecule has 0 bridgehead atoms. The van der Waals surface area contributed by atoms with Gasteiger partial charge in [-0.3, -0.25) is 4.90 Å². The largest absolute Gasteiger partial charge is 0.314 e. The van der Waals surface area contributed by atoms with Crippen molar-refractivity contribution in [3.05, 3.63) is 48.1 Å². The van der Waals surface area contributed by atoms with E-state index >= 15 is 0 Å². The Labute approximate surface area is 113 Å². The summed E-state index contributed by atoms with van der Waals surface area (Å²) in [6.07, 6.45) is 3.39. The summed E-state index contributed by atoms with van der Waals surface area (Å²) >= 11 is 0. The normalized spacial score (nSPS) is 18.2. The van der Waals surface area contributed by atoms with Crippen molar-refractivity contribution in [1.82, 2.24) is 10.2 Å². The van der Waals surface area contributed by atoms with Crippen LogP contribution in [-0.2, 0) is 0 Å². The molecule has 2 nitrogen and oxygen atoms in total. The van der Waals surface area contributed by atoms with E-state index in [0.717, 1.165) is 39.0 Å².